The highest BCUT2D eigenvalue weighted by molar-refractivity contribution is 5.22. The fraction of sp³-hybridized carbons (Fsp3) is 0.400. The zero-order valence-electron chi connectivity index (χ0n) is 7.50. The molecule has 2 rings (SSSR count). The molecule has 1 saturated heterocycles. The van der Waals surface area contributed by atoms with Gasteiger partial charge < -0.3 is 10.4 Å². The summed E-state index contributed by atoms with van der Waals surface area (Å²) >= 11 is 0. The van der Waals surface area contributed by atoms with E-state index in [0.29, 0.717) is 18.5 Å². The van der Waals surface area contributed by atoms with Crippen molar-refractivity contribution in [2.24, 2.45) is 0 Å². The van der Waals surface area contributed by atoms with Crippen molar-refractivity contribution < 1.29 is 13.9 Å². The van der Waals surface area contributed by atoms with E-state index < -0.39 is 17.7 Å². The molecule has 2 nitrogen and oxygen atoms in total. The molecule has 0 unspecified atom stereocenters. The van der Waals surface area contributed by atoms with Crippen LogP contribution in [0.3, 0.4) is 0 Å². The molecule has 2 N–H and O–H groups in total. The zero-order chi connectivity index (χ0) is 10.1. The van der Waals surface area contributed by atoms with Gasteiger partial charge in [0.25, 0.3) is 0 Å². The van der Waals surface area contributed by atoms with Crippen LogP contribution in [0.15, 0.2) is 18.2 Å². The van der Waals surface area contributed by atoms with E-state index in [9.17, 15) is 13.9 Å². The third-order valence-electron chi connectivity index (χ3n) is 2.45. The van der Waals surface area contributed by atoms with E-state index in [-0.39, 0.29) is 6.04 Å². The van der Waals surface area contributed by atoms with Crippen molar-refractivity contribution in [3.05, 3.63) is 35.4 Å². The molecule has 0 aromatic heterocycles. The number of halogens is 2. The Morgan fingerprint density at radius 1 is 1.29 bits per heavy atom. The first-order valence-corrected chi connectivity index (χ1v) is 4.53. The standard InChI is InChI=1S/C10H11F2NO/c11-8-2-1-6(3-9(8)12)10-4-7(14)5-13-10/h1-3,7,10,13-14H,4-5H2/t7-,10-/m0/s1. The average molecular weight is 199 g/mol. The molecule has 0 bridgehead atoms. The summed E-state index contributed by atoms with van der Waals surface area (Å²) in [7, 11) is 0. The van der Waals surface area contributed by atoms with Crippen LogP contribution in [-0.2, 0) is 0 Å². The maximum atomic E-state index is 12.9. The number of aliphatic hydroxyl groups excluding tert-OH is 1. The van der Waals surface area contributed by atoms with Crippen molar-refractivity contribution in [1.82, 2.24) is 5.32 Å². The lowest BCUT2D eigenvalue weighted by atomic mass is 10.0. The number of nitrogens with one attached hydrogen (secondary N) is 1. The number of benzene rings is 1. The lowest BCUT2D eigenvalue weighted by Gasteiger charge is -2.10. The Morgan fingerprint density at radius 2 is 2.07 bits per heavy atom. The summed E-state index contributed by atoms with van der Waals surface area (Å²) in [6, 6.07) is 3.75. The van der Waals surface area contributed by atoms with Crippen molar-refractivity contribution in [1.29, 1.82) is 0 Å². The van der Waals surface area contributed by atoms with Gasteiger partial charge in [0.2, 0.25) is 0 Å². The van der Waals surface area contributed by atoms with Gasteiger partial charge in [-0.3, -0.25) is 0 Å². The quantitative estimate of drug-likeness (QED) is 0.715. The summed E-state index contributed by atoms with van der Waals surface area (Å²) in [6.07, 6.45) is 0.151. The minimum Gasteiger partial charge on any atom is -0.392 e. The van der Waals surface area contributed by atoms with Crippen molar-refractivity contribution in [2.75, 3.05) is 6.54 Å². The van der Waals surface area contributed by atoms with E-state index in [4.69, 9.17) is 0 Å². The van der Waals surface area contributed by atoms with E-state index in [1.54, 1.807) is 0 Å². The lowest BCUT2D eigenvalue weighted by molar-refractivity contribution is 0.193. The van der Waals surface area contributed by atoms with Crippen LogP contribution in [0.2, 0.25) is 0 Å². The van der Waals surface area contributed by atoms with Crippen molar-refractivity contribution >= 4 is 0 Å². The first kappa shape index (κ1) is 9.55. The van der Waals surface area contributed by atoms with Gasteiger partial charge in [-0.2, -0.15) is 0 Å². The Labute approximate surface area is 80.6 Å². The number of aliphatic hydroxyl groups is 1. The number of hydrogen-bond acceptors (Lipinski definition) is 2. The summed E-state index contributed by atoms with van der Waals surface area (Å²) in [5.41, 5.74) is 0.681. The van der Waals surface area contributed by atoms with Gasteiger partial charge in [0, 0.05) is 12.6 Å². The van der Waals surface area contributed by atoms with Crippen molar-refractivity contribution in [3.8, 4) is 0 Å². The fourth-order valence-corrected chi connectivity index (χ4v) is 1.70. The first-order valence-electron chi connectivity index (χ1n) is 4.53. The molecule has 0 saturated carbocycles. The molecule has 2 atom stereocenters. The van der Waals surface area contributed by atoms with Crippen molar-refractivity contribution in [3.63, 3.8) is 0 Å². The largest absolute Gasteiger partial charge is 0.392 e. The highest BCUT2D eigenvalue weighted by Crippen LogP contribution is 2.24. The summed E-state index contributed by atoms with van der Waals surface area (Å²) in [4.78, 5) is 0. The van der Waals surface area contributed by atoms with Gasteiger partial charge in [-0.15, -0.1) is 0 Å². The molecule has 4 heteroatoms. The lowest BCUT2D eigenvalue weighted by Crippen LogP contribution is -2.15. The van der Waals surface area contributed by atoms with E-state index in [1.807, 2.05) is 0 Å². The third-order valence-corrected chi connectivity index (χ3v) is 2.45. The second-order valence-corrected chi connectivity index (χ2v) is 3.52. The minimum absolute atomic E-state index is 0.0694. The van der Waals surface area contributed by atoms with Crippen LogP contribution < -0.4 is 5.32 Å². The average Bonchev–Trinajstić information content (AvgIpc) is 2.57. The fourth-order valence-electron chi connectivity index (χ4n) is 1.70. The Morgan fingerprint density at radius 3 is 2.64 bits per heavy atom. The van der Waals surface area contributed by atoms with Crippen LogP contribution in [0, 0.1) is 11.6 Å². The Bertz CT molecular complexity index is 343. The number of rotatable bonds is 1. The molecule has 14 heavy (non-hydrogen) atoms. The molecule has 1 aromatic carbocycles. The predicted octanol–water partition coefficient (Wildman–Crippen LogP) is 1.36. The van der Waals surface area contributed by atoms with Gasteiger partial charge in [0.15, 0.2) is 11.6 Å². The van der Waals surface area contributed by atoms with Crippen LogP contribution in [0.4, 0.5) is 8.78 Å². The minimum atomic E-state index is -0.842. The number of hydrogen-bond donors (Lipinski definition) is 2. The van der Waals surface area contributed by atoms with Crippen LogP contribution in [0.25, 0.3) is 0 Å². The molecular formula is C10H11F2NO. The third kappa shape index (κ3) is 1.76. The first-order chi connectivity index (χ1) is 6.66. The molecule has 1 heterocycles. The Hall–Kier alpha value is -1.00. The van der Waals surface area contributed by atoms with Crippen LogP contribution in [0.5, 0.6) is 0 Å². The molecule has 1 aliphatic rings. The van der Waals surface area contributed by atoms with Gasteiger partial charge in [-0.25, -0.2) is 8.78 Å². The van der Waals surface area contributed by atoms with E-state index in [2.05, 4.69) is 5.32 Å². The van der Waals surface area contributed by atoms with Crippen LogP contribution >= 0.6 is 0 Å². The molecule has 1 aromatic rings. The van der Waals surface area contributed by atoms with Gasteiger partial charge in [-0.1, -0.05) is 6.07 Å². The topological polar surface area (TPSA) is 32.3 Å². The smallest absolute Gasteiger partial charge is 0.159 e. The molecular weight excluding hydrogens is 188 g/mol. The van der Waals surface area contributed by atoms with Gasteiger partial charge in [0.1, 0.15) is 0 Å². The second-order valence-electron chi connectivity index (χ2n) is 3.52. The van der Waals surface area contributed by atoms with Gasteiger partial charge in [-0.05, 0) is 24.1 Å². The Kier molecular flexibility index (Phi) is 2.48. The summed E-state index contributed by atoms with van der Waals surface area (Å²) in [6.45, 7) is 0.504. The van der Waals surface area contributed by atoms with Gasteiger partial charge >= 0.3 is 0 Å². The number of β-amino-alcohol motifs (C(OH)–C–C–N with tert-alkyl or cyclic N) is 1. The van der Waals surface area contributed by atoms with E-state index in [1.165, 1.54) is 12.1 Å². The van der Waals surface area contributed by atoms with E-state index >= 15 is 0 Å². The Balaban J connectivity index is 2.20. The summed E-state index contributed by atoms with van der Waals surface area (Å²) in [5, 5.41) is 12.3. The predicted molar refractivity (Wildman–Crippen MR) is 47.7 cm³/mol. The normalized spacial score (nSPS) is 26.8. The molecule has 0 radical (unpaired) electrons. The summed E-state index contributed by atoms with van der Waals surface area (Å²) in [5.74, 6) is -1.68. The monoisotopic (exact) mass is 199 g/mol. The maximum Gasteiger partial charge on any atom is 0.159 e. The molecule has 0 spiro atoms. The highest BCUT2D eigenvalue weighted by Gasteiger charge is 2.23. The zero-order valence-corrected chi connectivity index (χ0v) is 7.50. The van der Waals surface area contributed by atoms with Crippen LogP contribution in [-0.4, -0.2) is 17.8 Å². The second kappa shape index (κ2) is 3.63. The van der Waals surface area contributed by atoms with Crippen molar-refractivity contribution in [2.45, 2.75) is 18.6 Å². The van der Waals surface area contributed by atoms with Crippen LogP contribution in [0.1, 0.15) is 18.0 Å². The van der Waals surface area contributed by atoms with Gasteiger partial charge in [0.05, 0.1) is 6.10 Å². The highest BCUT2D eigenvalue weighted by atomic mass is 19.2. The maximum absolute atomic E-state index is 12.9. The summed E-state index contributed by atoms with van der Waals surface area (Å²) < 4.78 is 25.5. The SMILES string of the molecule is O[C@@H]1CN[C@H](c2ccc(F)c(F)c2)C1. The van der Waals surface area contributed by atoms with E-state index in [0.717, 1.165) is 6.07 Å². The molecule has 1 fully saturated rings. The molecule has 0 amide bonds. The molecule has 0 aliphatic carbocycles. The molecule has 76 valence electrons. The molecule has 1 aliphatic heterocycles.